The Bertz CT molecular complexity index is 429. The lowest BCUT2D eigenvalue weighted by Crippen LogP contribution is -2.48. The molecular weight excluding hydrogens is 232 g/mol. The third kappa shape index (κ3) is 2.50. The lowest BCUT2D eigenvalue weighted by Gasteiger charge is -2.34. The topological polar surface area (TPSA) is 52.9 Å². The van der Waals surface area contributed by atoms with Gasteiger partial charge in [0.2, 0.25) is 5.91 Å². The molecule has 3 nitrogen and oxygen atoms in total. The molecule has 4 heteroatoms. The maximum absolute atomic E-state index is 12.0. The Balaban J connectivity index is 1.88. The standard InChI is InChI=1S/C13H16N2OS/c1-10(8-11-4-2-7-17-11)15-12(16)13(9-14)5-3-6-13/h2,4,7,10H,3,5-6,8H2,1H3,(H,15,16). The van der Waals surface area contributed by atoms with Crippen LogP contribution in [0.3, 0.4) is 0 Å². The lowest BCUT2D eigenvalue weighted by atomic mass is 9.69. The zero-order chi connectivity index (χ0) is 12.3. The molecule has 1 heterocycles. The Kier molecular flexibility index (Phi) is 3.49. The summed E-state index contributed by atoms with van der Waals surface area (Å²) in [5, 5.41) is 14.1. The zero-order valence-corrected chi connectivity index (χ0v) is 10.7. The highest BCUT2D eigenvalue weighted by Gasteiger charge is 2.44. The van der Waals surface area contributed by atoms with Crippen molar-refractivity contribution >= 4 is 17.2 Å². The van der Waals surface area contributed by atoms with E-state index in [0.29, 0.717) is 12.8 Å². The van der Waals surface area contributed by atoms with Crippen molar-refractivity contribution in [1.82, 2.24) is 5.32 Å². The molecule has 0 radical (unpaired) electrons. The minimum Gasteiger partial charge on any atom is -0.352 e. The second kappa shape index (κ2) is 4.89. The van der Waals surface area contributed by atoms with E-state index < -0.39 is 5.41 Å². The molecule has 0 spiro atoms. The van der Waals surface area contributed by atoms with Crippen LogP contribution >= 0.6 is 11.3 Å². The van der Waals surface area contributed by atoms with E-state index in [2.05, 4.69) is 17.5 Å². The van der Waals surface area contributed by atoms with Crippen molar-refractivity contribution in [2.24, 2.45) is 5.41 Å². The number of thiophene rings is 1. The normalized spacial score (nSPS) is 18.8. The average Bonchev–Trinajstić information content (AvgIpc) is 2.69. The summed E-state index contributed by atoms with van der Waals surface area (Å²) in [6.45, 7) is 1.99. The summed E-state index contributed by atoms with van der Waals surface area (Å²) in [4.78, 5) is 13.2. The predicted molar refractivity (Wildman–Crippen MR) is 67.5 cm³/mol. The molecular formula is C13H16N2OS. The Morgan fingerprint density at radius 2 is 2.47 bits per heavy atom. The van der Waals surface area contributed by atoms with E-state index in [0.717, 1.165) is 12.8 Å². The van der Waals surface area contributed by atoms with Crippen molar-refractivity contribution in [3.8, 4) is 6.07 Å². The van der Waals surface area contributed by atoms with Crippen LogP contribution < -0.4 is 5.32 Å². The highest BCUT2D eigenvalue weighted by atomic mass is 32.1. The predicted octanol–water partition coefficient (Wildman–Crippen LogP) is 2.49. The number of nitrogens with one attached hydrogen (secondary N) is 1. The molecule has 1 saturated carbocycles. The molecule has 1 N–H and O–H groups in total. The summed E-state index contributed by atoms with van der Waals surface area (Å²) in [6.07, 6.45) is 3.24. The van der Waals surface area contributed by atoms with Gasteiger partial charge >= 0.3 is 0 Å². The Hall–Kier alpha value is -1.34. The third-order valence-electron chi connectivity index (χ3n) is 3.32. The van der Waals surface area contributed by atoms with Crippen LogP contribution in [0.15, 0.2) is 17.5 Å². The van der Waals surface area contributed by atoms with E-state index >= 15 is 0 Å². The summed E-state index contributed by atoms with van der Waals surface area (Å²) >= 11 is 1.70. The van der Waals surface area contributed by atoms with Crippen LogP contribution in [0.4, 0.5) is 0 Å². The summed E-state index contributed by atoms with van der Waals surface area (Å²) in [5.74, 6) is -0.0877. The summed E-state index contributed by atoms with van der Waals surface area (Å²) in [5.41, 5.74) is -0.732. The number of hydrogen-bond donors (Lipinski definition) is 1. The van der Waals surface area contributed by atoms with E-state index in [-0.39, 0.29) is 11.9 Å². The number of carbonyl (C=O) groups is 1. The largest absolute Gasteiger partial charge is 0.352 e. The molecule has 0 saturated heterocycles. The maximum atomic E-state index is 12.0. The van der Waals surface area contributed by atoms with Crippen molar-refractivity contribution in [1.29, 1.82) is 5.26 Å². The van der Waals surface area contributed by atoms with Gasteiger partial charge in [0.05, 0.1) is 6.07 Å². The molecule has 0 aromatic carbocycles. The van der Waals surface area contributed by atoms with Gasteiger partial charge in [-0.2, -0.15) is 5.26 Å². The van der Waals surface area contributed by atoms with Crippen LogP contribution in [-0.2, 0) is 11.2 Å². The van der Waals surface area contributed by atoms with Crippen LogP contribution in [0.25, 0.3) is 0 Å². The highest BCUT2D eigenvalue weighted by Crippen LogP contribution is 2.40. The summed E-state index contributed by atoms with van der Waals surface area (Å²) in [7, 11) is 0. The second-order valence-corrected chi connectivity index (χ2v) is 5.74. The van der Waals surface area contributed by atoms with Crippen molar-refractivity contribution in [2.75, 3.05) is 0 Å². The lowest BCUT2D eigenvalue weighted by molar-refractivity contribution is -0.132. The van der Waals surface area contributed by atoms with Crippen LogP contribution in [0.5, 0.6) is 0 Å². The number of amides is 1. The quantitative estimate of drug-likeness (QED) is 0.890. The first-order chi connectivity index (χ1) is 8.16. The fourth-order valence-corrected chi connectivity index (χ4v) is 2.90. The van der Waals surface area contributed by atoms with Crippen molar-refractivity contribution in [2.45, 2.75) is 38.6 Å². The van der Waals surface area contributed by atoms with Crippen LogP contribution in [0.1, 0.15) is 31.1 Å². The number of hydrogen-bond acceptors (Lipinski definition) is 3. The fraction of sp³-hybridized carbons (Fsp3) is 0.538. The smallest absolute Gasteiger partial charge is 0.240 e. The van der Waals surface area contributed by atoms with E-state index in [1.165, 1.54) is 4.88 Å². The highest BCUT2D eigenvalue weighted by molar-refractivity contribution is 7.09. The van der Waals surface area contributed by atoms with Gasteiger partial charge in [-0.15, -0.1) is 11.3 Å². The molecule has 1 atom stereocenters. The second-order valence-electron chi connectivity index (χ2n) is 4.71. The minimum absolute atomic E-state index is 0.0877. The number of nitriles is 1. The molecule has 1 aromatic heterocycles. The fourth-order valence-electron chi connectivity index (χ4n) is 2.06. The maximum Gasteiger partial charge on any atom is 0.240 e. The molecule has 1 aliphatic rings. The molecule has 1 aliphatic carbocycles. The van der Waals surface area contributed by atoms with Gasteiger partial charge in [-0.05, 0) is 37.6 Å². The van der Waals surface area contributed by atoms with Gasteiger partial charge in [-0.1, -0.05) is 6.07 Å². The van der Waals surface area contributed by atoms with Crippen LogP contribution in [0.2, 0.25) is 0 Å². The van der Waals surface area contributed by atoms with Crippen LogP contribution in [0, 0.1) is 16.7 Å². The Morgan fingerprint density at radius 1 is 1.71 bits per heavy atom. The Morgan fingerprint density at radius 3 is 2.94 bits per heavy atom. The minimum atomic E-state index is -0.732. The van der Waals surface area contributed by atoms with Gasteiger partial charge in [0.25, 0.3) is 0 Å². The molecule has 90 valence electrons. The van der Waals surface area contributed by atoms with Crippen LogP contribution in [-0.4, -0.2) is 11.9 Å². The SMILES string of the molecule is CC(Cc1cccs1)NC(=O)C1(C#N)CCC1. The molecule has 1 aromatic rings. The molecule has 1 fully saturated rings. The van der Waals surface area contributed by atoms with Crippen molar-refractivity contribution < 1.29 is 4.79 Å². The molecule has 1 amide bonds. The average molecular weight is 248 g/mol. The number of carbonyl (C=O) groups excluding carboxylic acids is 1. The first kappa shape index (κ1) is 12.1. The van der Waals surface area contributed by atoms with Gasteiger partial charge in [0.15, 0.2) is 0 Å². The Labute approximate surface area is 105 Å². The van der Waals surface area contributed by atoms with Gasteiger partial charge in [-0.3, -0.25) is 4.79 Å². The zero-order valence-electron chi connectivity index (χ0n) is 9.90. The first-order valence-corrected chi connectivity index (χ1v) is 6.79. The van der Waals surface area contributed by atoms with E-state index in [1.54, 1.807) is 11.3 Å². The monoisotopic (exact) mass is 248 g/mol. The molecule has 2 rings (SSSR count). The van der Waals surface area contributed by atoms with E-state index in [4.69, 9.17) is 5.26 Å². The van der Waals surface area contributed by atoms with Gasteiger partial charge < -0.3 is 5.32 Å². The molecule has 0 bridgehead atoms. The molecule has 1 unspecified atom stereocenters. The summed E-state index contributed by atoms with van der Waals surface area (Å²) < 4.78 is 0. The van der Waals surface area contributed by atoms with Gasteiger partial charge in [-0.25, -0.2) is 0 Å². The molecule has 0 aliphatic heterocycles. The third-order valence-corrected chi connectivity index (χ3v) is 4.22. The van der Waals surface area contributed by atoms with Gasteiger partial charge in [0.1, 0.15) is 5.41 Å². The van der Waals surface area contributed by atoms with E-state index in [1.807, 2.05) is 18.4 Å². The first-order valence-electron chi connectivity index (χ1n) is 5.91. The van der Waals surface area contributed by atoms with Crippen molar-refractivity contribution in [3.05, 3.63) is 22.4 Å². The number of rotatable bonds is 4. The van der Waals surface area contributed by atoms with Gasteiger partial charge in [0, 0.05) is 17.3 Å². The summed E-state index contributed by atoms with van der Waals surface area (Å²) in [6, 6.07) is 6.34. The number of nitrogens with zero attached hydrogens (tertiary/aromatic N) is 1. The molecule has 17 heavy (non-hydrogen) atoms. The van der Waals surface area contributed by atoms with E-state index in [9.17, 15) is 4.79 Å². The van der Waals surface area contributed by atoms with Crippen molar-refractivity contribution in [3.63, 3.8) is 0 Å².